The predicted octanol–water partition coefficient (Wildman–Crippen LogP) is 0.569. The van der Waals surface area contributed by atoms with E-state index < -0.39 is 0 Å². The fraction of sp³-hybridized carbons (Fsp3) is 0.714. The molecule has 0 aromatic rings. The summed E-state index contributed by atoms with van der Waals surface area (Å²) < 4.78 is 4.79. The van der Waals surface area contributed by atoms with Crippen molar-refractivity contribution in [3.63, 3.8) is 0 Å². The number of ether oxygens (including phenoxy) is 1. The molecule has 0 fully saturated rings. The molecule has 0 rings (SSSR count). The summed E-state index contributed by atoms with van der Waals surface area (Å²) in [7, 11) is 0. The Balaban J connectivity index is 0. The first kappa shape index (κ1) is 13.5. The van der Waals surface area contributed by atoms with Crippen LogP contribution in [0.15, 0.2) is 0 Å². The Morgan fingerprint density at radius 3 is 2.27 bits per heavy atom. The van der Waals surface area contributed by atoms with Gasteiger partial charge >= 0.3 is 0 Å². The molecule has 0 heterocycles. The largest absolute Gasteiger partial charge is 0.374 e. The van der Waals surface area contributed by atoms with Gasteiger partial charge in [-0.3, -0.25) is 9.59 Å². The van der Waals surface area contributed by atoms with Gasteiger partial charge in [0.2, 0.25) is 0 Å². The van der Waals surface area contributed by atoms with E-state index in [0.717, 1.165) is 0 Å². The normalized spacial score (nSPS) is 8.55. The molecule has 60 valence electrons. The minimum Gasteiger partial charge on any atom is -0.374 e. The van der Waals surface area contributed by atoms with Crippen molar-refractivity contribution >= 4 is 11.6 Å². The average molecular weight is 210 g/mol. The standard InChI is InChI=1S/C7H12O3.Zn/c1-3-10-5-7(9)4-6(2)8;/h3-5H2,1-2H3;. The van der Waals surface area contributed by atoms with E-state index in [4.69, 9.17) is 4.74 Å². The van der Waals surface area contributed by atoms with Gasteiger partial charge in [0.25, 0.3) is 0 Å². The van der Waals surface area contributed by atoms with Crippen LogP contribution in [-0.4, -0.2) is 24.8 Å². The van der Waals surface area contributed by atoms with Crippen molar-refractivity contribution in [1.29, 1.82) is 0 Å². The van der Waals surface area contributed by atoms with Crippen molar-refractivity contribution in [2.75, 3.05) is 13.2 Å². The van der Waals surface area contributed by atoms with E-state index in [0.29, 0.717) is 6.61 Å². The van der Waals surface area contributed by atoms with Crippen LogP contribution in [0, 0.1) is 0 Å². The van der Waals surface area contributed by atoms with E-state index in [1.165, 1.54) is 6.92 Å². The quantitative estimate of drug-likeness (QED) is 0.491. The zero-order chi connectivity index (χ0) is 7.98. The van der Waals surface area contributed by atoms with E-state index in [1.807, 2.05) is 0 Å². The number of hydrogen-bond donors (Lipinski definition) is 0. The van der Waals surface area contributed by atoms with E-state index in [2.05, 4.69) is 0 Å². The van der Waals surface area contributed by atoms with Gasteiger partial charge in [0.05, 0.1) is 6.42 Å². The third-order valence-electron chi connectivity index (χ3n) is 0.913. The Kier molecular flexibility index (Phi) is 9.85. The molecule has 11 heavy (non-hydrogen) atoms. The maximum Gasteiger partial charge on any atom is 0.165 e. The minimum absolute atomic E-state index is 0. The molecule has 0 N–H and O–H groups in total. The van der Waals surface area contributed by atoms with Gasteiger partial charge in [0.1, 0.15) is 12.4 Å². The summed E-state index contributed by atoms with van der Waals surface area (Å²) in [6.07, 6.45) is -0.000000000000000222. The fourth-order valence-electron chi connectivity index (χ4n) is 0.545. The Morgan fingerprint density at radius 1 is 1.36 bits per heavy atom. The molecule has 0 atom stereocenters. The van der Waals surface area contributed by atoms with Crippen LogP contribution in [0.25, 0.3) is 0 Å². The minimum atomic E-state index is -0.144. The molecule has 0 unspecified atom stereocenters. The van der Waals surface area contributed by atoms with Gasteiger partial charge in [-0.2, -0.15) is 0 Å². The number of carbonyl (C=O) groups is 2. The van der Waals surface area contributed by atoms with E-state index >= 15 is 0 Å². The van der Waals surface area contributed by atoms with Gasteiger partial charge < -0.3 is 4.74 Å². The number of hydrogen-bond acceptors (Lipinski definition) is 3. The molecule has 0 aromatic heterocycles. The van der Waals surface area contributed by atoms with Crippen molar-refractivity contribution in [3.05, 3.63) is 0 Å². The zero-order valence-corrected chi connectivity index (χ0v) is 10.0. The van der Waals surface area contributed by atoms with Crippen LogP contribution in [-0.2, 0) is 33.8 Å². The van der Waals surface area contributed by atoms with E-state index in [-0.39, 0.29) is 44.1 Å². The molecule has 0 amide bonds. The molecule has 0 aromatic carbocycles. The average Bonchev–Trinajstić information content (AvgIpc) is 1.82. The molecule has 0 aliphatic rings. The van der Waals surface area contributed by atoms with Gasteiger partial charge in [0, 0.05) is 26.1 Å². The van der Waals surface area contributed by atoms with E-state index in [9.17, 15) is 9.59 Å². The van der Waals surface area contributed by atoms with Crippen LogP contribution in [0.4, 0.5) is 0 Å². The van der Waals surface area contributed by atoms with Crippen LogP contribution in [0.5, 0.6) is 0 Å². The molecule has 0 saturated heterocycles. The molecule has 0 saturated carbocycles. The molecule has 3 nitrogen and oxygen atoms in total. The van der Waals surface area contributed by atoms with Gasteiger partial charge in [-0.15, -0.1) is 0 Å². The zero-order valence-electron chi connectivity index (χ0n) is 7.05. The molecular formula is C7H12O3Zn. The topological polar surface area (TPSA) is 43.4 Å². The monoisotopic (exact) mass is 208 g/mol. The Bertz CT molecular complexity index is 134. The number of carbonyl (C=O) groups excluding carboxylic acids is 2. The molecule has 0 spiro atoms. The van der Waals surface area contributed by atoms with Crippen LogP contribution in [0.2, 0.25) is 0 Å². The molecule has 0 bridgehead atoms. The van der Waals surface area contributed by atoms with Crippen molar-refractivity contribution in [1.82, 2.24) is 0 Å². The van der Waals surface area contributed by atoms with E-state index in [1.54, 1.807) is 6.92 Å². The maximum absolute atomic E-state index is 10.7. The van der Waals surface area contributed by atoms with Crippen LogP contribution >= 0.6 is 0 Å². The molecular weight excluding hydrogens is 197 g/mol. The summed E-state index contributed by atoms with van der Waals surface area (Å²) in [5, 5.41) is 0. The van der Waals surface area contributed by atoms with Crippen LogP contribution < -0.4 is 0 Å². The van der Waals surface area contributed by atoms with Gasteiger partial charge in [-0.25, -0.2) is 0 Å². The molecule has 4 heteroatoms. The summed E-state index contributed by atoms with van der Waals surface area (Å²) in [5.41, 5.74) is 0. The van der Waals surface area contributed by atoms with Crippen molar-refractivity contribution in [2.45, 2.75) is 20.3 Å². The fourth-order valence-corrected chi connectivity index (χ4v) is 0.545. The maximum atomic E-state index is 10.7. The molecule has 0 radical (unpaired) electrons. The summed E-state index contributed by atoms with van der Waals surface area (Å²) in [6.45, 7) is 3.78. The third-order valence-corrected chi connectivity index (χ3v) is 0.913. The first-order valence-corrected chi connectivity index (χ1v) is 3.25. The number of rotatable bonds is 5. The number of Topliss-reactive ketones (excluding diaryl/α,β-unsaturated/α-hetero) is 2. The second-order valence-corrected chi connectivity index (χ2v) is 2.05. The summed E-state index contributed by atoms with van der Waals surface area (Å²) in [5.74, 6) is -0.251. The second kappa shape index (κ2) is 8.02. The second-order valence-electron chi connectivity index (χ2n) is 2.05. The van der Waals surface area contributed by atoms with Crippen molar-refractivity contribution in [2.24, 2.45) is 0 Å². The Hall–Kier alpha value is -0.0766. The van der Waals surface area contributed by atoms with Crippen LogP contribution in [0.1, 0.15) is 20.3 Å². The number of ketones is 2. The molecule has 0 aliphatic heterocycles. The Morgan fingerprint density at radius 2 is 1.91 bits per heavy atom. The van der Waals surface area contributed by atoms with Gasteiger partial charge in [-0.1, -0.05) is 0 Å². The van der Waals surface area contributed by atoms with Crippen molar-refractivity contribution < 1.29 is 33.8 Å². The summed E-state index contributed by atoms with van der Waals surface area (Å²) >= 11 is 0. The van der Waals surface area contributed by atoms with Crippen molar-refractivity contribution in [3.8, 4) is 0 Å². The first-order chi connectivity index (χ1) is 4.66. The smallest absolute Gasteiger partial charge is 0.165 e. The van der Waals surface area contributed by atoms with Gasteiger partial charge in [-0.05, 0) is 13.8 Å². The SMILES string of the molecule is CCOCC(=O)CC(C)=O.[Zn]. The third kappa shape index (κ3) is 9.92. The molecule has 0 aliphatic carbocycles. The first-order valence-electron chi connectivity index (χ1n) is 3.25. The predicted molar refractivity (Wildman–Crippen MR) is 36.8 cm³/mol. The van der Waals surface area contributed by atoms with Crippen LogP contribution in [0.3, 0.4) is 0 Å². The summed E-state index contributed by atoms with van der Waals surface area (Å²) in [4.78, 5) is 21.0. The van der Waals surface area contributed by atoms with Gasteiger partial charge in [0.15, 0.2) is 5.78 Å². The Labute approximate surface area is 79.2 Å². The summed E-state index contributed by atoms with van der Waals surface area (Å²) in [6, 6.07) is 0.